The van der Waals surface area contributed by atoms with Crippen LogP contribution in [-0.2, 0) is 0 Å². The average molecular weight is 568 g/mol. The Morgan fingerprint density at radius 3 is 0.881 bits per heavy atom. The van der Waals surface area contributed by atoms with Crippen LogP contribution in [0.15, 0.2) is 106 Å². The summed E-state index contributed by atoms with van der Waals surface area (Å²) in [5.74, 6) is -5.42. The summed E-state index contributed by atoms with van der Waals surface area (Å²) in [6.07, 6.45) is 0. The van der Waals surface area contributed by atoms with E-state index in [1.807, 2.05) is 0 Å². The van der Waals surface area contributed by atoms with Crippen LogP contribution in [0.1, 0.15) is 47.8 Å². The highest BCUT2D eigenvalue weighted by molar-refractivity contribution is 6.05. The van der Waals surface area contributed by atoms with Gasteiger partial charge in [0.05, 0.1) is 33.8 Å². The first kappa shape index (κ1) is 28.7. The molecule has 0 saturated heterocycles. The fourth-order valence-corrected chi connectivity index (χ4v) is 3.70. The van der Waals surface area contributed by atoms with Crippen LogP contribution in [0.2, 0.25) is 0 Å². The number of carboxylic acid groups (broad SMARTS) is 3. The van der Waals surface area contributed by atoms with E-state index in [1.165, 1.54) is 91.0 Å². The zero-order valence-corrected chi connectivity index (χ0v) is 21.4. The van der Waals surface area contributed by atoms with Crippen molar-refractivity contribution in [1.82, 2.24) is 0 Å². The Morgan fingerprint density at radius 1 is 0.381 bits per heavy atom. The number of hydrogen-bond acceptors (Lipinski definition) is 6. The van der Waals surface area contributed by atoms with Gasteiger partial charge < -0.3 is 30.6 Å². The van der Waals surface area contributed by atoms with E-state index in [0.717, 1.165) is 0 Å². The number of rotatable bonds is 9. The quantitative estimate of drug-likeness (QED) is 0.108. The second-order valence-electron chi connectivity index (χ2n) is 8.67. The number of hydrogen-bond donors (Lipinski definition) is 6. The molecule has 4 rings (SSSR count). The van der Waals surface area contributed by atoms with Crippen LogP contribution in [0.3, 0.4) is 0 Å². The van der Waals surface area contributed by atoms with Crippen molar-refractivity contribution in [3.63, 3.8) is 0 Å². The fourth-order valence-electron chi connectivity index (χ4n) is 3.70. The van der Waals surface area contributed by atoms with E-state index in [-0.39, 0.29) is 50.4 Å². The van der Waals surface area contributed by atoms with Gasteiger partial charge in [0.1, 0.15) is 0 Å². The molecule has 0 unspecified atom stereocenters. The van der Waals surface area contributed by atoms with E-state index in [0.29, 0.717) is 0 Å². The first-order valence-corrected chi connectivity index (χ1v) is 12.0. The molecule has 0 aromatic heterocycles. The maximum absolute atomic E-state index is 11.3. The summed E-state index contributed by atoms with van der Waals surface area (Å²) in [5, 5.41) is 60.2. The predicted octanol–water partition coefficient (Wildman–Crippen LogP) is 5.69. The number of carboxylic acids is 3. The van der Waals surface area contributed by atoms with Gasteiger partial charge in [-0.2, -0.15) is 0 Å². The number of aliphatic hydroxyl groups excluding tert-OH is 3. The lowest BCUT2D eigenvalue weighted by Crippen LogP contribution is -2.09. The minimum atomic E-state index is -1.20. The first-order chi connectivity index (χ1) is 20.0. The molecule has 0 aliphatic rings. The number of carbonyl (C=O) groups is 3. The minimum absolute atomic E-state index is 0.0368. The Morgan fingerprint density at radius 2 is 0.643 bits per heavy atom. The van der Waals surface area contributed by atoms with Crippen molar-refractivity contribution in [2.75, 3.05) is 0 Å². The summed E-state index contributed by atoms with van der Waals surface area (Å²) < 4.78 is 0. The van der Waals surface area contributed by atoms with Gasteiger partial charge in [0, 0.05) is 16.7 Å². The maximum Gasteiger partial charge on any atom is 0.335 e. The number of aromatic carboxylic acids is 3. The van der Waals surface area contributed by atoms with Crippen LogP contribution < -0.4 is 0 Å². The molecule has 0 atom stereocenters. The largest absolute Gasteiger partial charge is 0.493 e. The summed E-state index contributed by atoms with van der Waals surface area (Å²) in [7, 11) is 0. The second-order valence-corrected chi connectivity index (χ2v) is 8.67. The Hall–Kier alpha value is -6.30. The molecule has 0 radical (unpaired) electrons. The lowest BCUT2D eigenvalue weighted by Gasteiger charge is -2.09. The molecular weight excluding hydrogens is 546 g/mol. The van der Waals surface area contributed by atoms with Gasteiger partial charge in [-0.3, -0.25) is 0 Å². The Bertz CT molecular complexity index is 1590. The molecule has 0 aliphatic carbocycles. The zero-order valence-electron chi connectivity index (χ0n) is 21.4. The molecule has 0 bridgehead atoms. The molecule has 0 saturated carbocycles. The SMILES string of the molecule is O=C(O)c1cccc(N=C(O)c2cc(C(O)=Nc3cccc(C(=O)O)c3)cc(C(O)=Nc3cccc(C(=O)O)c3)c2)c1. The highest BCUT2D eigenvalue weighted by Gasteiger charge is 2.15. The summed E-state index contributed by atoms with van der Waals surface area (Å²) in [5.41, 5.74) is -0.00936. The van der Waals surface area contributed by atoms with Gasteiger partial charge >= 0.3 is 17.9 Å². The van der Waals surface area contributed by atoms with Gasteiger partial charge in [-0.05, 0) is 72.8 Å². The molecule has 4 aromatic rings. The third-order valence-electron chi connectivity index (χ3n) is 5.69. The van der Waals surface area contributed by atoms with E-state index < -0.39 is 35.6 Å². The topological polar surface area (TPSA) is 210 Å². The van der Waals surface area contributed by atoms with E-state index in [9.17, 15) is 45.0 Å². The highest BCUT2D eigenvalue weighted by Crippen LogP contribution is 2.22. The van der Waals surface area contributed by atoms with Crippen LogP contribution in [0, 0.1) is 0 Å². The van der Waals surface area contributed by atoms with E-state index in [1.54, 1.807) is 0 Å². The molecule has 0 spiro atoms. The molecule has 0 amide bonds. The monoisotopic (exact) mass is 567 g/mol. The number of aliphatic imine (C=N–C) groups is 3. The third-order valence-corrected chi connectivity index (χ3v) is 5.69. The van der Waals surface area contributed by atoms with Crippen LogP contribution >= 0.6 is 0 Å². The number of nitrogens with zero attached hydrogens (tertiary/aromatic N) is 3. The van der Waals surface area contributed by atoms with E-state index in [2.05, 4.69) is 15.0 Å². The molecule has 0 fully saturated rings. The maximum atomic E-state index is 11.3. The van der Waals surface area contributed by atoms with Crippen molar-refractivity contribution < 1.29 is 45.0 Å². The van der Waals surface area contributed by atoms with Crippen molar-refractivity contribution >= 4 is 52.7 Å². The molecule has 12 nitrogen and oxygen atoms in total. The number of aliphatic hydroxyl groups is 3. The average Bonchev–Trinajstić information content (AvgIpc) is 2.97. The number of benzene rings is 4. The van der Waals surface area contributed by atoms with Crippen LogP contribution in [0.4, 0.5) is 17.1 Å². The summed E-state index contributed by atoms with van der Waals surface area (Å²) in [4.78, 5) is 46.0. The van der Waals surface area contributed by atoms with Crippen molar-refractivity contribution in [3.8, 4) is 0 Å². The van der Waals surface area contributed by atoms with Crippen molar-refractivity contribution in [1.29, 1.82) is 0 Å². The Kier molecular flexibility index (Phi) is 8.38. The summed E-state index contributed by atoms with van der Waals surface area (Å²) in [6.45, 7) is 0. The van der Waals surface area contributed by atoms with Gasteiger partial charge in [-0.1, -0.05) is 18.2 Å². The molecule has 42 heavy (non-hydrogen) atoms. The first-order valence-electron chi connectivity index (χ1n) is 12.0. The predicted molar refractivity (Wildman–Crippen MR) is 153 cm³/mol. The molecule has 6 N–H and O–H groups in total. The molecule has 0 heterocycles. The lowest BCUT2D eigenvalue weighted by atomic mass is 10.0. The van der Waals surface area contributed by atoms with E-state index in [4.69, 9.17) is 0 Å². The Labute approximate surface area is 237 Å². The minimum Gasteiger partial charge on any atom is -0.493 e. The van der Waals surface area contributed by atoms with Gasteiger partial charge in [0.25, 0.3) is 0 Å². The van der Waals surface area contributed by atoms with E-state index >= 15 is 0 Å². The van der Waals surface area contributed by atoms with Crippen molar-refractivity contribution in [2.45, 2.75) is 0 Å². The highest BCUT2D eigenvalue weighted by atomic mass is 16.4. The fraction of sp³-hybridized carbons (Fsp3) is 0. The molecule has 4 aromatic carbocycles. The third kappa shape index (κ3) is 7.01. The summed E-state index contributed by atoms with van der Waals surface area (Å²) in [6, 6.07) is 20.2. The van der Waals surface area contributed by atoms with Gasteiger partial charge in [0.2, 0.25) is 17.7 Å². The molecule has 210 valence electrons. The van der Waals surface area contributed by atoms with Gasteiger partial charge in [0.15, 0.2) is 0 Å². The smallest absolute Gasteiger partial charge is 0.335 e. The normalized spacial score (nSPS) is 12.1. The van der Waals surface area contributed by atoms with Crippen molar-refractivity contribution in [3.05, 3.63) is 124 Å². The Balaban J connectivity index is 1.83. The standard InChI is InChI=1S/C30H21N3O9/c34-25(31-22-7-1-4-16(13-22)28(37)38)19-10-20(26(35)32-23-8-2-5-17(14-23)29(39)40)12-21(11-19)27(36)33-24-9-3-6-18(15-24)30(41)42/h1-15H,(H,31,34)(H,32,35)(H,33,36)(H,37,38)(H,39,40)(H,41,42). The molecule has 0 aliphatic heterocycles. The lowest BCUT2D eigenvalue weighted by molar-refractivity contribution is 0.0686. The second kappa shape index (κ2) is 12.3. The van der Waals surface area contributed by atoms with Crippen LogP contribution in [0.25, 0.3) is 0 Å². The van der Waals surface area contributed by atoms with Gasteiger partial charge in [-0.25, -0.2) is 29.4 Å². The molecular formula is C30H21N3O9. The molecule has 12 heteroatoms. The van der Waals surface area contributed by atoms with Gasteiger partial charge in [-0.15, -0.1) is 0 Å². The van der Waals surface area contributed by atoms with Crippen LogP contribution in [-0.4, -0.2) is 66.2 Å². The van der Waals surface area contributed by atoms with Crippen LogP contribution in [0.5, 0.6) is 0 Å². The van der Waals surface area contributed by atoms with Crippen molar-refractivity contribution in [2.24, 2.45) is 15.0 Å². The zero-order chi connectivity index (χ0) is 30.4. The summed E-state index contributed by atoms with van der Waals surface area (Å²) >= 11 is 0.